The Kier molecular flexibility index (Phi) is 4.10. The lowest BCUT2D eigenvalue weighted by atomic mass is 10.1. The third-order valence-electron chi connectivity index (χ3n) is 3.56. The normalized spacial score (nSPS) is 10.5. The Hall–Kier alpha value is -3.08. The molecule has 2 aromatic carbocycles. The smallest absolute Gasteiger partial charge is 0.277 e. The first kappa shape index (κ1) is 14.8. The van der Waals surface area contributed by atoms with Gasteiger partial charge in [0.15, 0.2) is 11.5 Å². The van der Waals surface area contributed by atoms with Gasteiger partial charge in [0.2, 0.25) is 0 Å². The van der Waals surface area contributed by atoms with Crippen molar-refractivity contribution in [3.8, 4) is 17.1 Å². The molecule has 0 saturated carbocycles. The number of amides is 1. The predicted molar refractivity (Wildman–Crippen MR) is 87.4 cm³/mol. The number of aromatic hydroxyl groups is 1. The van der Waals surface area contributed by atoms with Gasteiger partial charge in [0.25, 0.3) is 5.91 Å². The summed E-state index contributed by atoms with van der Waals surface area (Å²) in [4.78, 5) is 12.3. The second-order valence-electron chi connectivity index (χ2n) is 5.06. The van der Waals surface area contributed by atoms with Gasteiger partial charge in [-0.2, -0.15) is 0 Å². The Morgan fingerprint density at radius 1 is 1.17 bits per heavy atom. The number of para-hydroxylation sites is 2. The standard InChI is InChI=1S/C18H16N2O3/c1-2-12-7-3-5-9-14(12)19-18(22)15-11-17(23-20-15)13-8-4-6-10-16(13)21/h3-11,21H,2H2,1H3,(H,19,22). The number of aromatic nitrogens is 1. The number of nitrogens with one attached hydrogen (secondary N) is 1. The van der Waals surface area contributed by atoms with Crippen LogP contribution in [0, 0.1) is 0 Å². The van der Waals surface area contributed by atoms with Gasteiger partial charge in [0.05, 0.1) is 5.56 Å². The molecule has 0 aliphatic heterocycles. The van der Waals surface area contributed by atoms with E-state index in [9.17, 15) is 9.90 Å². The SMILES string of the molecule is CCc1ccccc1NC(=O)c1cc(-c2ccccc2O)on1. The summed E-state index contributed by atoms with van der Waals surface area (Å²) in [6.45, 7) is 2.03. The van der Waals surface area contributed by atoms with Crippen molar-refractivity contribution in [2.75, 3.05) is 5.32 Å². The monoisotopic (exact) mass is 308 g/mol. The van der Waals surface area contributed by atoms with Gasteiger partial charge in [-0.25, -0.2) is 0 Å². The summed E-state index contributed by atoms with van der Waals surface area (Å²) in [6.07, 6.45) is 0.818. The van der Waals surface area contributed by atoms with Gasteiger partial charge in [-0.3, -0.25) is 4.79 Å². The molecule has 0 aliphatic rings. The Labute approximate surface area is 133 Å². The van der Waals surface area contributed by atoms with Crippen LogP contribution in [-0.2, 0) is 6.42 Å². The number of nitrogens with zero attached hydrogens (tertiary/aromatic N) is 1. The zero-order valence-electron chi connectivity index (χ0n) is 12.6. The fourth-order valence-corrected chi connectivity index (χ4v) is 2.33. The lowest BCUT2D eigenvalue weighted by Crippen LogP contribution is -2.13. The van der Waals surface area contributed by atoms with E-state index in [1.165, 1.54) is 6.07 Å². The van der Waals surface area contributed by atoms with Crippen LogP contribution >= 0.6 is 0 Å². The van der Waals surface area contributed by atoms with E-state index in [4.69, 9.17) is 4.52 Å². The molecule has 1 amide bonds. The molecule has 1 heterocycles. The Morgan fingerprint density at radius 3 is 2.70 bits per heavy atom. The minimum absolute atomic E-state index is 0.0759. The van der Waals surface area contributed by atoms with Crippen molar-refractivity contribution >= 4 is 11.6 Å². The molecular formula is C18H16N2O3. The number of carbonyl (C=O) groups is 1. The van der Waals surface area contributed by atoms with E-state index in [2.05, 4.69) is 10.5 Å². The van der Waals surface area contributed by atoms with Crippen LogP contribution < -0.4 is 5.32 Å². The second kappa shape index (κ2) is 6.36. The van der Waals surface area contributed by atoms with Gasteiger partial charge in [0.1, 0.15) is 5.75 Å². The molecule has 1 aromatic heterocycles. The summed E-state index contributed by atoms with van der Waals surface area (Å²) >= 11 is 0. The third-order valence-corrected chi connectivity index (χ3v) is 3.56. The van der Waals surface area contributed by atoms with Gasteiger partial charge >= 0.3 is 0 Å². The van der Waals surface area contributed by atoms with Crippen molar-refractivity contribution in [2.24, 2.45) is 0 Å². The average molecular weight is 308 g/mol. The van der Waals surface area contributed by atoms with Gasteiger partial charge < -0.3 is 14.9 Å². The first-order chi connectivity index (χ1) is 11.2. The van der Waals surface area contributed by atoms with Crippen molar-refractivity contribution in [2.45, 2.75) is 13.3 Å². The number of rotatable bonds is 4. The molecule has 0 spiro atoms. The Morgan fingerprint density at radius 2 is 1.91 bits per heavy atom. The summed E-state index contributed by atoms with van der Waals surface area (Å²) in [7, 11) is 0. The summed E-state index contributed by atoms with van der Waals surface area (Å²) in [5.41, 5.74) is 2.46. The summed E-state index contributed by atoms with van der Waals surface area (Å²) < 4.78 is 5.18. The molecule has 0 atom stereocenters. The van der Waals surface area contributed by atoms with Crippen molar-refractivity contribution in [1.29, 1.82) is 0 Å². The molecule has 3 aromatic rings. The number of carbonyl (C=O) groups excluding carboxylic acids is 1. The average Bonchev–Trinajstić information content (AvgIpc) is 3.05. The topological polar surface area (TPSA) is 75.4 Å². The van der Waals surface area contributed by atoms with E-state index in [0.717, 1.165) is 17.7 Å². The first-order valence-corrected chi connectivity index (χ1v) is 7.33. The molecule has 2 N–H and O–H groups in total. The van der Waals surface area contributed by atoms with Crippen LogP contribution in [0.4, 0.5) is 5.69 Å². The van der Waals surface area contributed by atoms with Crippen LogP contribution in [0.1, 0.15) is 23.0 Å². The van der Waals surface area contributed by atoms with E-state index in [1.807, 2.05) is 31.2 Å². The zero-order valence-corrected chi connectivity index (χ0v) is 12.6. The van der Waals surface area contributed by atoms with E-state index < -0.39 is 0 Å². The second-order valence-corrected chi connectivity index (χ2v) is 5.06. The van der Waals surface area contributed by atoms with Crippen LogP contribution in [0.2, 0.25) is 0 Å². The van der Waals surface area contributed by atoms with E-state index in [0.29, 0.717) is 11.3 Å². The van der Waals surface area contributed by atoms with Gasteiger partial charge in [-0.15, -0.1) is 0 Å². The maximum Gasteiger partial charge on any atom is 0.277 e. The number of benzene rings is 2. The number of anilines is 1. The highest BCUT2D eigenvalue weighted by Crippen LogP contribution is 2.29. The number of hydrogen-bond acceptors (Lipinski definition) is 4. The largest absolute Gasteiger partial charge is 0.507 e. The van der Waals surface area contributed by atoms with E-state index in [-0.39, 0.29) is 17.4 Å². The molecule has 0 radical (unpaired) electrons. The van der Waals surface area contributed by atoms with Crippen molar-refractivity contribution in [1.82, 2.24) is 5.16 Å². The van der Waals surface area contributed by atoms with Gasteiger partial charge in [-0.1, -0.05) is 42.4 Å². The molecule has 0 saturated heterocycles. The van der Waals surface area contributed by atoms with Crippen molar-refractivity contribution in [3.05, 3.63) is 65.9 Å². The maximum atomic E-state index is 12.3. The van der Waals surface area contributed by atoms with Gasteiger partial charge in [0, 0.05) is 11.8 Å². The number of phenolic OH excluding ortho intramolecular Hbond substituents is 1. The quantitative estimate of drug-likeness (QED) is 0.767. The van der Waals surface area contributed by atoms with Crippen LogP contribution in [0.3, 0.4) is 0 Å². The minimum Gasteiger partial charge on any atom is -0.507 e. The lowest BCUT2D eigenvalue weighted by Gasteiger charge is -2.07. The zero-order chi connectivity index (χ0) is 16.2. The van der Waals surface area contributed by atoms with Crippen LogP contribution in [-0.4, -0.2) is 16.2 Å². The highest BCUT2D eigenvalue weighted by molar-refractivity contribution is 6.03. The minimum atomic E-state index is -0.351. The highest BCUT2D eigenvalue weighted by Gasteiger charge is 2.16. The van der Waals surface area contributed by atoms with E-state index >= 15 is 0 Å². The van der Waals surface area contributed by atoms with Gasteiger partial charge in [-0.05, 0) is 30.2 Å². The highest BCUT2D eigenvalue weighted by atomic mass is 16.5. The number of aryl methyl sites for hydroxylation is 1. The Balaban J connectivity index is 1.83. The van der Waals surface area contributed by atoms with Crippen LogP contribution in [0.15, 0.2) is 59.1 Å². The van der Waals surface area contributed by atoms with Crippen LogP contribution in [0.5, 0.6) is 5.75 Å². The molecule has 0 fully saturated rings. The van der Waals surface area contributed by atoms with Crippen molar-refractivity contribution in [3.63, 3.8) is 0 Å². The summed E-state index contributed by atoms with van der Waals surface area (Å²) in [5.74, 6) is 0.0697. The third kappa shape index (κ3) is 3.08. The van der Waals surface area contributed by atoms with E-state index in [1.54, 1.807) is 24.3 Å². The number of hydrogen-bond donors (Lipinski definition) is 2. The molecule has 0 bridgehead atoms. The Bertz CT molecular complexity index is 840. The van der Waals surface area contributed by atoms with Crippen LogP contribution in [0.25, 0.3) is 11.3 Å². The summed E-state index contributed by atoms with van der Waals surface area (Å²) in [6, 6.07) is 15.9. The molecule has 23 heavy (non-hydrogen) atoms. The summed E-state index contributed by atoms with van der Waals surface area (Å²) in [5, 5.41) is 16.4. The van der Waals surface area contributed by atoms with Crippen molar-refractivity contribution < 1.29 is 14.4 Å². The molecule has 0 unspecified atom stereocenters. The fourth-order valence-electron chi connectivity index (χ4n) is 2.33. The molecule has 3 rings (SSSR count). The molecule has 5 nitrogen and oxygen atoms in total. The number of phenols is 1. The predicted octanol–water partition coefficient (Wildman–Crippen LogP) is 3.86. The fraction of sp³-hybridized carbons (Fsp3) is 0.111. The molecular weight excluding hydrogens is 292 g/mol. The maximum absolute atomic E-state index is 12.3. The molecule has 5 heteroatoms. The first-order valence-electron chi connectivity index (χ1n) is 7.33. The molecule has 116 valence electrons. The molecule has 0 aliphatic carbocycles. The lowest BCUT2D eigenvalue weighted by molar-refractivity contribution is 0.101.